The Bertz CT molecular complexity index is 1620. The Kier molecular flexibility index (Phi) is 8.99. The molecular weight excluding hydrogens is 601 g/mol. The van der Waals surface area contributed by atoms with Gasteiger partial charge in [-0.2, -0.15) is 0 Å². The second kappa shape index (κ2) is 12.7. The van der Waals surface area contributed by atoms with Gasteiger partial charge < -0.3 is 9.84 Å². The number of aliphatic hydroxyl groups is 1. The van der Waals surface area contributed by atoms with Gasteiger partial charge in [0.05, 0.1) is 18.2 Å². The second-order valence-corrected chi connectivity index (χ2v) is 12.3. The van der Waals surface area contributed by atoms with Gasteiger partial charge in [0, 0.05) is 21.4 Å². The van der Waals surface area contributed by atoms with Gasteiger partial charge >= 0.3 is 5.91 Å². The van der Waals surface area contributed by atoms with Crippen LogP contribution in [0.15, 0.2) is 76.6 Å². The third-order valence-corrected chi connectivity index (χ3v) is 9.10. The molecule has 7 nitrogen and oxygen atoms in total. The van der Waals surface area contributed by atoms with E-state index in [1.165, 1.54) is 28.0 Å². The van der Waals surface area contributed by atoms with E-state index in [9.17, 15) is 14.7 Å². The van der Waals surface area contributed by atoms with Crippen LogP contribution in [0.5, 0.6) is 5.75 Å². The number of aromatic nitrogens is 2. The van der Waals surface area contributed by atoms with Gasteiger partial charge in [-0.25, -0.2) is 0 Å². The first-order valence-electron chi connectivity index (χ1n) is 12.8. The van der Waals surface area contributed by atoms with Gasteiger partial charge in [-0.1, -0.05) is 101 Å². The molecule has 1 aromatic heterocycles. The molecule has 4 aromatic rings. The fourth-order valence-corrected chi connectivity index (χ4v) is 6.74. The van der Waals surface area contributed by atoms with Crippen molar-refractivity contribution in [3.8, 4) is 5.75 Å². The molecule has 3 aromatic carbocycles. The Hall–Kier alpha value is -3.37. The summed E-state index contributed by atoms with van der Waals surface area (Å²) in [5, 5.41) is 21.2. The van der Waals surface area contributed by atoms with E-state index < -0.39 is 17.7 Å². The van der Waals surface area contributed by atoms with Gasteiger partial charge in [-0.15, -0.1) is 10.2 Å². The zero-order chi connectivity index (χ0) is 29.1. The summed E-state index contributed by atoms with van der Waals surface area (Å²) >= 11 is 14.9. The summed E-state index contributed by atoms with van der Waals surface area (Å²) in [6.45, 7) is 4.51. The molecule has 1 amide bonds. The Morgan fingerprint density at radius 2 is 1.78 bits per heavy atom. The SMILES string of the molecule is CCCOc1ccc(C2/C(=C(/O)c3ccc(C)cc3)C(=O)C(=O)N2c2nnc(SCc3ccc(Cl)cc3Cl)s2)cc1. The maximum absolute atomic E-state index is 13.5. The van der Waals surface area contributed by atoms with Crippen LogP contribution in [0.2, 0.25) is 10.0 Å². The lowest BCUT2D eigenvalue weighted by atomic mass is 9.95. The zero-order valence-corrected chi connectivity index (χ0v) is 25.3. The fraction of sp³-hybridized carbons (Fsp3) is 0.200. The van der Waals surface area contributed by atoms with Crippen LogP contribution in [0, 0.1) is 6.92 Å². The molecule has 1 unspecified atom stereocenters. The van der Waals surface area contributed by atoms with Crippen molar-refractivity contribution in [3.63, 3.8) is 0 Å². The molecule has 1 N–H and O–H groups in total. The third-order valence-electron chi connectivity index (χ3n) is 6.41. The van der Waals surface area contributed by atoms with E-state index in [0.717, 1.165) is 17.5 Å². The lowest BCUT2D eigenvalue weighted by Gasteiger charge is -2.22. The molecule has 5 rings (SSSR count). The quantitative estimate of drug-likeness (QED) is 0.0665. The van der Waals surface area contributed by atoms with Crippen molar-refractivity contribution in [2.75, 3.05) is 11.5 Å². The normalized spacial score (nSPS) is 16.4. The highest BCUT2D eigenvalue weighted by molar-refractivity contribution is 8.00. The van der Waals surface area contributed by atoms with Gasteiger partial charge in [0.1, 0.15) is 11.5 Å². The lowest BCUT2D eigenvalue weighted by molar-refractivity contribution is -0.132. The highest BCUT2D eigenvalue weighted by atomic mass is 35.5. The summed E-state index contributed by atoms with van der Waals surface area (Å²) in [5.41, 5.74) is 2.93. The Morgan fingerprint density at radius 3 is 2.46 bits per heavy atom. The predicted octanol–water partition coefficient (Wildman–Crippen LogP) is 7.86. The zero-order valence-electron chi connectivity index (χ0n) is 22.1. The predicted molar refractivity (Wildman–Crippen MR) is 164 cm³/mol. The number of nitrogens with zero attached hydrogens (tertiary/aromatic N) is 3. The number of anilines is 1. The first-order chi connectivity index (χ1) is 19.8. The number of carbonyl (C=O) groups is 2. The van der Waals surface area contributed by atoms with Crippen LogP contribution in [-0.2, 0) is 15.3 Å². The Morgan fingerprint density at radius 1 is 1.05 bits per heavy atom. The lowest BCUT2D eigenvalue weighted by Crippen LogP contribution is -2.29. The molecule has 1 saturated heterocycles. The molecule has 0 spiro atoms. The minimum atomic E-state index is -0.909. The molecule has 0 aliphatic carbocycles. The van der Waals surface area contributed by atoms with Crippen LogP contribution >= 0.6 is 46.3 Å². The molecule has 0 bridgehead atoms. The van der Waals surface area contributed by atoms with Gasteiger partial charge in [0.25, 0.3) is 5.78 Å². The number of aryl methyl sites for hydroxylation is 1. The maximum Gasteiger partial charge on any atom is 0.301 e. The number of Topliss-reactive ketones (excluding diaryl/α,β-unsaturated/α-hetero) is 1. The molecule has 11 heteroatoms. The standard InChI is InChI=1S/C30H25Cl2N3O4S2/c1-3-14-39-22-12-9-18(10-13-22)25-24(26(36)19-6-4-17(2)5-7-19)27(37)28(38)35(25)29-33-34-30(41-29)40-16-20-8-11-21(31)15-23(20)32/h4-13,15,25,36H,3,14,16H2,1-2H3/b26-24-. The molecule has 1 aliphatic heterocycles. The Labute approximate surface area is 255 Å². The van der Waals surface area contributed by atoms with E-state index in [4.69, 9.17) is 27.9 Å². The van der Waals surface area contributed by atoms with Crippen LogP contribution < -0.4 is 9.64 Å². The maximum atomic E-state index is 13.5. The van der Waals surface area contributed by atoms with Crippen molar-refractivity contribution >= 4 is 68.9 Å². The summed E-state index contributed by atoms with van der Waals surface area (Å²) in [5.74, 6) is -0.653. The van der Waals surface area contributed by atoms with Crippen molar-refractivity contribution in [1.82, 2.24) is 10.2 Å². The van der Waals surface area contributed by atoms with Crippen molar-refractivity contribution in [2.24, 2.45) is 0 Å². The summed E-state index contributed by atoms with van der Waals surface area (Å²) in [6, 6.07) is 18.6. The van der Waals surface area contributed by atoms with Crippen LogP contribution in [0.3, 0.4) is 0 Å². The largest absolute Gasteiger partial charge is 0.507 e. The molecule has 1 fully saturated rings. The number of ether oxygens (including phenoxy) is 1. The second-order valence-electron chi connectivity index (χ2n) is 9.33. The highest BCUT2D eigenvalue weighted by Crippen LogP contribution is 2.44. The molecule has 0 saturated carbocycles. The number of hydrogen-bond donors (Lipinski definition) is 1. The van der Waals surface area contributed by atoms with Gasteiger partial charge in [-0.3, -0.25) is 14.5 Å². The van der Waals surface area contributed by atoms with Gasteiger partial charge in [0.2, 0.25) is 5.13 Å². The Balaban J connectivity index is 1.51. The van der Waals surface area contributed by atoms with Gasteiger partial charge in [0.15, 0.2) is 4.34 Å². The number of halogens is 2. The number of rotatable bonds is 9. The summed E-state index contributed by atoms with van der Waals surface area (Å²) in [7, 11) is 0. The molecular formula is C30H25Cl2N3O4S2. The first kappa shape index (κ1) is 29.1. The van der Waals surface area contributed by atoms with Crippen molar-refractivity contribution < 1.29 is 19.4 Å². The summed E-state index contributed by atoms with van der Waals surface area (Å²) < 4.78 is 6.31. The van der Waals surface area contributed by atoms with Crippen molar-refractivity contribution in [2.45, 2.75) is 36.4 Å². The number of thioether (sulfide) groups is 1. The monoisotopic (exact) mass is 625 g/mol. The molecule has 1 aliphatic rings. The van der Waals surface area contributed by atoms with Crippen LogP contribution in [-0.4, -0.2) is 33.6 Å². The smallest absolute Gasteiger partial charge is 0.301 e. The van der Waals surface area contributed by atoms with E-state index in [-0.39, 0.29) is 16.5 Å². The first-order valence-corrected chi connectivity index (χ1v) is 15.3. The molecule has 2 heterocycles. The summed E-state index contributed by atoms with van der Waals surface area (Å²) in [4.78, 5) is 28.2. The van der Waals surface area contributed by atoms with E-state index in [1.54, 1.807) is 48.5 Å². The van der Waals surface area contributed by atoms with Crippen LogP contribution in [0.25, 0.3) is 5.76 Å². The molecule has 210 valence electrons. The van der Waals surface area contributed by atoms with Crippen molar-refractivity contribution in [1.29, 1.82) is 0 Å². The van der Waals surface area contributed by atoms with Crippen LogP contribution in [0.4, 0.5) is 5.13 Å². The number of aliphatic hydroxyl groups excluding tert-OH is 1. The van der Waals surface area contributed by atoms with E-state index in [0.29, 0.717) is 43.6 Å². The average Bonchev–Trinajstić information content (AvgIpc) is 3.53. The van der Waals surface area contributed by atoms with Gasteiger partial charge in [-0.05, 0) is 48.7 Å². The number of carbonyl (C=O) groups excluding carboxylic acids is 2. The molecule has 0 radical (unpaired) electrons. The molecule has 1 atom stereocenters. The average molecular weight is 627 g/mol. The highest BCUT2D eigenvalue weighted by Gasteiger charge is 2.48. The van der Waals surface area contributed by atoms with E-state index in [1.807, 2.05) is 32.0 Å². The molecule has 41 heavy (non-hydrogen) atoms. The van der Waals surface area contributed by atoms with Crippen LogP contribution in [0.1, 0.15) is 41.6 Å². The minimum absolute atomic E-state index is 0.0153. The van der Waals surface area contributed by atoms with E-state index >= 15 is 0 Å². The minimum Gasteiger partial charge on any atom is -0.507 e. The number of amides is 1. The number of ketones is 1. The van der Waals surface area contributed by atoms with E-state index in [2.05, 4.69) is 10.2 Å². The summed E-state index contributed by atoms with van der Waals surface area (Å²) in [6.07, 6.45) is 0.861. The topological polar surface area (TPSA) is 92.6 Å². The number of hydrogen-bond acceptors (Lipinski definition) is 8. The third kappa shape index (κ3) is 6.28. The van der Waals surface area contributed by atoms with Crippen molar-refractivity contribution in [3.05, 3.63) is 105 Å². The number of benzene rings is 3. The fourth-order valence-electron chi connectivity index (χ4n) is 4.31.